The summed E-state index contributed by atoms with van der Waals surface area (Å²) in [6.45, 7) is 1.27. The maximum Gasteiger partial charge on any atom is 0.120 e. The van der Waals surface area contributed by atoms with Gasteiger partial charge in [-0.25, -0.2) is 0 Å². The molecule has 3 aromatic rings. The monoisotopic (exact) mass is 277 g/mol. The van der Waals surface area contributed by atoms with Crippen LogP contribution in [0.25, 0.3) is 10.8 Å². The van der Waals surface area contributed by atoms with Gasteiger partial charge in [-0.1, -0.05) is 54.6 Å². The molecular formula is C19H19NO. The smallest absolute Gasteiger partial charge is 0.120 e. The van der Waals surface area contributed by atoms with Crippen LogP contribution in [0.5, 0.6) is 5.75 Å². The van der Waals surface area contributed by atoms with Crippen LogP contribution in [0.15, 0.2) is 66.7 Å². The number of hydrogen-bond donors (Lipinski definition) is 1. The lowest BCUT2D eigenvalue weighted by Crippen LogP contribution is -2.02. The van der Waals surface area contributed by atoms with E-state index >= 15 is 0 Å². The zero-order valence-electron chi connectivity index (χ0n) is 12.0. The molecule has 3 aromatic carbocycles. The van der Waals surface area contributed by atoms with Crippen LogP contribution in [0.4, 0.5) is 0 Å². The molecule has 0 unspecified atom stereocenters. The number of rotatable bonds is 5. The molecule has 21 heavy (non-hydrogen) atoms. The van der Waals surface area contributed by atoms with E-state index in [9.17, 15) is 0 Å². The van der Waals surface area contributed by atoms with Gasteiger partial charge in [0.05, 0.1) is 0 Å². The van der Waals surface area contributed by atoms with Gasteiger partial charge in [0.25, 0.3) is 0 Å². The van der Waals surface area contributed by atoms with Crippen molar-refractivity contribution in [2.75, 3.05) is 6.54 Å². The average Bonchev–Trinajstić information content (AvgIpc) is 2.54. The summed E-state index contributed by atoms with van der Waals surface area (Å²) in [6, 6.07) is 22.9. The van der Waals surface area contributed by atoms with E-state index < -0.39 is 0 Å². The summed E-state index contributed by atoms with van der Waals surface area (Å²) < 4.78 is 5.88. The second kappa shape index (κ2) is 6.42. The molecule has 0 saturated carbocycles. The normalized spacial score (nSPS) is 10.7. The van der Waals surface area contributed by atoms with E-state index in [-0.39, 0.29) is 0 Å². The number of fused-ring (bicyclic) bond motifs is 1. The number of ether oxygens (including phenoxy) is 1. The zero-order valence-corrected chi connectivity index (χ0v) is 12.0. The largest absolute Gasteiger partial charge is 0.489 e. The van der Waals surface area contributed by atoms with Crippen LogP contribution in [-0.2, 0) is 13.0 Å². The highest BCUT2D eigenvalue weighted by Crippen LogP contribution is 2.21. The predicted molar refractivity (Wildman–Crippen MR) is 87.5 cm³/mol. The Morgan fingerprint density at radius 3 is 2.24 bits per heavy atom. The Morgan fingerprint density at radius 2 is 1.48 bits per heavy atom. The van der Waals surface area contributed by atoms with Crippen LogP contribution >= 0.6 is 0 Å². The Hall–Kier alpha value is -2.32. The molecule has 106 valence electrons. The Kier molecular flexibility index (Phi) is 4.17. The average molecular weight is 277 g/mol. The van der Waals surface area contributed by atoms with Gasteiger partial charge in [0, 0.05) is 0 Å². The first-order valence-electron chi connectivity index (χ1n) is 7.24. The fourth-order valence-corrected chi connectivity index (χ4v) is 2.39. The summed E-state index contributed by atoms with van der Waals surface area (Å²) in [5, 5.41) is 2.43. The van der Waals surface area contributed by atoms with E-state index in [1.54, 1.807) is 0 Å². The van der Waals surface area contributed by atoms with Crippen molar-refractivity contribution in [1.82, 2.24) is 0 Å². The van der Waals surface area contributed by atoms with E-state index in [0.717, 1.165) is 12.2 Å². The predicted octanol–water partition coefficient (Wildman–Crippen LogP) is 3.92. The highest BCUT2D eigenvalue weighted by molar-refractivity contribution is 5.83. The molecule has 0 aromatic heterocycles. The van der Waals surface area contributed by atoms with E-state index in [2.05, 4.69) is 48.5 Å². The van der Waals surface area contributed by atoms with Crippen LogP contribution < -0.4 is 10.5 Å². The van der Waals surface area contributed by atoms with E-state index in [1.165, 1.54) is 21.9 Å². The summed E-state index contributed by atoms with van der Waals surface area (Å²) in [6.07, 6.45) is 0.922. The molecule has 3 rings (SSSR count). The first-order valence-corrected chi connectivity index (χ1v) is 7.24. The maximum absolute atomic E-state index is 5.88. The van der Waals surface area contributed by atoms with Crippen LogP contribution in [0.3, 0.4) is 0 Å². The topological polar surface area (TPSA) is 35.2 Å². The van der Waals surface area contributed by atoms with Crippen molar-refractivity contribution in [2.45, 2.75) is 13.0 Å². The van der Waals surface area contributed by atoms with Crippen LogP contribution in [0.1, 0.15) is 11.1 Å². The van der Waals surface area contributed by atoms with Crippen LogP contribution in [-0.4, -0.2) is 6.54 Å². The molecule has 2 nitrogen and oxygen atoms in total. The maximum atomic E-state index is 5.88. The highest BCUT2D eigenvalue weighted by Gasteiger charge is 1.99. The third-order valence-electron chi connectivity index (χ3n) is 3.58. The number of hydrogen-bond acceptors (Lipinski definition) is 2. The molecule has 0 saturated heterocycles. The van der Waals surface area contributed by atoms with Gasteiger partial charge in [-0.3, -0.25) is 0 Å². The number of benzene rings is 3. The van der Waals surface area contributed by atoms with Gasteiger partial charge in [0.15, 0.2) is 0 Å². The highest BCUT2D eigenvalue weighted by atomic mass is 16.5. The first-order chi connectivity index (χ1) is 10.3. The second-order valence-electron chi connectivity index (χ2n) is 5.15. The fraction of sp³-hybridized carbons (Fsp3) is 0.158. The van der Waals surface area contributed by atoms with E-state index in [0.29, 0.717) is 13.2 Å². The Bertz CT molecular complexity index is 719. The lowest BCUT2D eigenvalue weighted by atomic mass is 10.1. The summed E-state index contributed by atoms with van der Waals surface area (Å²) in [7, 11) is 0. The molecule has 0 spiro atoms. The first kappa shape index (κ1) is 13.7. The minimum atomic E-state index is 0.585. The summed E-state index contributed by atoms with van der Waals surface area (Å²) in [5.74, 6) is 0.903. The summed E-state index contributed by atoms with van der Waals surface area (Å²) in [4.78, 5) is 0. The van der Waals surface area contributed by atoms with Crippen molar-refractivity contribution in [3.8, 4) is 5.75 Å². The van der Waals surface area contributed by atoms with Gasteiger partial charge in [0.2, 0.25) is 0 Å². The lowest BCUT2D eigenvalue weighted by Gasteiger charge is -2.08. The Morgan fingerprint density at radius 1 is 0.762 bits per heavy atom. The van der Waals surface area contributed by atoms with Gasteiger partial charge < -0.3 is 10.5 Å². The van der Waals surface area contributed by atoms with Gasteiger partial charge in [0.1, 0.15) is 12.4 Å². The number of nitrogens with two attached hydrogens (primary N) is 1. The Balaban J connectivity index is 1.68. The third kappa shape index (κ3) is 3.41. The SMILES string of the molecule is NCCc1ccc(COc2ccc3ccccc3c2)cc1. The molecule has 0 atom stereocenters. The lowest BCUT2D eigenvalue weighted by molar-refractivity contribution is 0.306. The molecule has 2 heteroatoms. The molecule has 0 aliphatic rings. The van der Waals surface area contributed by atoms with Gasteiger partial charge in [-0.05, 0) is 47.0 Å². The van der Waals surface area contributed by atoms with Crippen molar-refractivity contribution in [3.63, 3.8) is 0 Å². The third-order valence-corrected chi connectivity index (χ3v) is 3.58. The molecule has 0 bridgehead atoms. The molecule has 0 radical (unpaired) electrons. The molecule has 2 N–H and O–H groups in total. The minimum absolute atomic E-state index is 0.585. The summed E-state index contributed by atoms with van der Waals surface area (Å²) in [5.41, 5.74) is 7.99. The van der Waals surface area contributed by atoms with Crippen molar-refractivity contribution >= 4 is 10.8 Å². The van der Waals surface area contributed by atoms with Crippen molar-refractivity contribution in [1.29, 1.82) is 0 Å². The molecular weight excluding hydrogens is 258 g/mol. The standard InChI is InChI=1S/C19H19NO/c20-12-11-15-5-7-16(8-6-15)14-21-19-10-9-17-3-1-2-4-18(17)13-19/h1-10,13H,11-12,14,20H2. The zero-order chi connectivity index (χ0) is 14.5. The van der Waals surface area contributed by atoms with E-state index in [1.807, 2.05) is 18.2 Å². The molecule has 0 amide bonds. The summed E-state index contributed by atoms with van der Waals surface area (Å²) >= 11 is 0. The molecule has 0 aliphatic heterocycles. The van der Waals surface area contributed by atoms with Crippen molar-refractivity contribution in [3.05, 3.63) is 77.9 Å². The van der Waals surface area contributed by atoms with Gasteiger partial charge in [-0.15, -0.1) is 0 Å². The molecule has 0 heterocycles. The van der Waals surface area contributed by atoms with Crippen LogP contribution in [0, 0.1) is 0 Å². The quantitative estimate of drug-likeness (QED) is 0.767. The molecule has 0 aliphatic carbocycles. The van der Waals surface area contributed by atoms with Crippen molar-refractivity contribution < 1.29 is 4.74 Å². The van der Waals surface area contributed by atoms with Gasteiger partial charge >= 0.3 is 0 Å². The Labute approximate surface area is 125 Å². The van der Waals surface area contributed by atoms with Gasteiger partial charge in [-0.2, -0.15) is 0 Å². The van der Waals surface area contributed by atoms with Crippen LogP contribution in [0.2, 0.25) is 0 Å². The molecule has 0 fully saturated rings. The fourth-order valence-electron chi connectivity index (χ4n) is 2.39. The minimum Gasteiger partial charge on any atom is -0.489 e. The van der Waals surface area contributed by atoms with E-state index in [4.69, 9.17) is 10.5 Å². The van der Waals surface area contributed by atoms with Crippen molar-refractivity contribution in [2.24, 2.45) is 5.73 Å². The second-order valence-corrected chi connectivity index (χ2v) is 5.15.